The van der Waals surface area contributed by atoms with Crippen LogP contribution in [0.1, 0.15) is 12.1 Å². The van der Waals surface area contributed by atoms with E-state index >= 15 is 0 Å². The lowest BCUT2D eigenvalue weighted by Crippen LogP contribution is -2.22. The SMILES string of the molecule is OC1CCN(Cc2ccc(Cl)nn2)C1. The molecule has 2 rings (SSSR count). The van der Waals surface area contributed by atoms with Gasteiger partial charge in [0.25, 0.3) is 0 Å². The van der Waals surface area contributed by atoms with Gasteiger partial charge in [-0.15, -0.1) is 5.10 Å². The van der Waals surface area contributed by atoms with E-state index in [2.05, 4.69) is 15.1 Å². The van der Waals surface area contributed by atoms with Crippen LogP contribution in [0, 0.1) is 0 Å². The van der Waals surface area contributed by atoms with E-state index in [9.17, 15) is 5.11 Å². The van der Waals surface area contributed by atoms with Gasteiger partial charge in [-0.1, -0.05) is 11.6 Å². The van der Waals surface area contributed by atoms with Crippen LogP contribution in [-0.2, 0) is 6.54 Å². The molecule has 1 unspecified atom stereocenters. The first-order valence-electron chi connectivity index (χ1n) is 4.62. The first kappa shape index (κ1) is 9.83. The van der Waals surface area contributed by atoms with Crippen molar-refractivity contribution in [2.24, 2.45) is 0 Å². The van der Waals surface area contributed by atoms with Crippen molar-refractivity contribution in [2.75, 3.05) is 13.1 Å². The molecule has 1 aromatic rings. The third kappa shape index (κ3) is 2.41. The molecule has 1 saturated heterocycles. The molecule has 76 valence electrons. The van der Waals surface area contributed by atoms with E-state index in [4.69, 9.17) is 11.6 Å². The summed E-state index contributed by atoms with van der Waals surface area (Å²) < 4.78 is 0. The van der Waals surface area contributed by atoms with Gasteiger partial charge in [-0.2, -0.15) is 5.10 Å². The second-order valence-corrected chi connectivity index (χ2v) is 3.91. The highest BCUT2D eigenvalue weighted by atomic mass is 35.5. The predicted octanol–water partition coefficient (Wildman–Crippen LogP) is 0.697. The molecule has 5 heteroatoms. The molecule has 1 atom stereocenters. The van der Waals surface area contributed by atoms with E-state index in [-0.39, 0.29) is 6.10 Å². The van der Waals surface area contributed by atoms with Gasteiger partial charge in [-0.3, -0.25) is 4.90 Å². The molecule has 0 aromatic carbocycles. The van der Waals surface area contributed by atoms with Gasteiger partial charge < -0.3 is 5.11 Å². The van der Waals surface area contributed by atoms with Crippen LogP contribution in [0.4, 0.5) is 0 Å². The van der Waals surface area contributed by atoms with Crippen molar-refractivity contribution < 1.29 is 5.11 Å². The molecule has 4 nitrogen and oxygen atoms in total. The van der Waals surface area contributed by atoms with Crippen molar-refractivity contribution >= 4 is 11.6 Å². The summed E-state index contributed by atoms with van der Waals surface area (Å²) in [5, 5.41) is 17.5. The fourth-order valence-electron chi connectivity index (χ4n) is 1.61. The van der Waals surface area contributed by atoms with Gasteiger partial charge in [0, 0.05) is 19.6 Å². The second kappa shape index (κ2) is 4.21. The maximum atomic E-state index is 9.32. The van der Waals surface area contributed by atoms with Gasteiger partial charge in [-0.25, -0.2) is 0 Å². The average molecular weight is 214 g/mol. The average Bonchev–Trinajstić information content (AvgIpc) is 2.56. The second-order valence-electron chi connectivity index (χ2n) is 3.53. The number of aromatic nitrogens is 2. The summed E-state index contributed by atoms with van der Waals surface area (Å²) in [6.45, 7) is 2.39. The van der Waals surface area contributed by atoms with Gasteiger partial charge in [-0.05, 0) is 18.6 Å². The largest absolute Gasteiger partial charge is 0.392 e. The molecule has 0 bridgehead atoms. The van der Waals surface area contributed by atoms with Crippen molar-refractivity contribution in [3.8, 4) is 0 Å². The lowest BCUT2D eigenvalue weighted by Gasteiger charge is -2.13. The first-order valence-corrected chi connectivity index (χ1v) is 5.00. The van der Waals surface area contributed by atoms with E-state index in [0.717, 1.165) is 31.7 Å². The zero-order chi connectivity index (χ0) is 9.97. The van der Waals surface area contributed by atoms with E-state index in [1.165, 1.54) is 0 Å². The van der Waals surface area contributed by atoms with Crippen molar-refractivity contribution in [1.82, 2.24) is 15.1 Å². The molecule has 1 aliphatic heterocycles. The summed E-state index contributed by atoms with van der Waals surface area (Å²) in [6, 6.07) is 3.59. The Morgan fingerprint density at radius 2 is 2.36 bits per heavy atom. The Balaban J connectivity index is 1.94. The normalized spacial score (nSPS) is 22.9. The highest BCUT2D eigenvalue weighted by Crippen LogP contribution is 2.12. The van der Waals surface area contributed by atoms with Crippen LogP contribution in [0.3, 0.4) is 0 Å². The number of aliphatic hydroxyl groups is 1. The predicted molar refractivity (Wildman–Crippen MR) is 52.9 cm³/mol. The number of hydrogen-bond donors (Lipinski definition) is 1. The Morgan fingerprint density at radius 3 is 2.93 bits per heavy atom. The standard InChI is InChI=1S/C9H12ClN3O/c10-9-2-1-7(11-12-9)5-13-4-3-8(14)6-13/h1-2,8,14H,3-6H2. The molecule has 1 N–H and O–H groups in total. The van der Waals surface area contributed by atoms with Crippen LogP contribution >= 0.6 is 11.6 Å². The summed E-state index contributed by atoms with van der Waals surface area (Å²) in [4.78, 5) is 2.16. The highest BCUT2D eigenvalue weighted by molar-refractivity contribution is 6.29. The number of nitrogens with zero attached hydrogens (tertiary/aromatic N) is 3. The fraction of sp³-hybridized carbons (Fsp3) is 0.556. The van der Waals surface area contributed by atoms with Crippen LogP contribution in [0.25, 0.3) is 0 Å². The monoisotopic (exact) mass is 213 g/mol. The topological polar surface area (TPSA) is 49.2 Å². The molecule has 0 amide bonds. The molecule has 1 aromatic heterocycles. The maximum Gasteiger partial charge on any atom is 0.151 e. The van der Waals surface area contributed by atoms with Gasteiger partial charge >= 0.3 is 0 Å². The molecule has 1 fully saturated rings. The number of likely N-dealkylation sites (tertiary alicyclic amines) is 1. The van der Waals surface area contributed by atoms with E-state index < -0.39 is 0 Å². The number of rotatable bonds is 2. The molecule has 2 heterocycles. The number of aliphatic hydroxyl groups excluding tert-OH is 1. The van der Waals surface area contributed by atoms with Crippen molar-refractivity contribution in [1.29, 1.82) is 0 Å². The smallest absolute Gasteiger partial charge is 0.151 e. The highest BCUT2D eigenvalue weighted by Gasteiger charge is 2.20. The molecular weight excluding hydrogens is 202 g/mol. The Bertz CT molecular complexity index is 303. The van der Waals surface area contributed by atoms with E-state index in [0.29, 0.717) is 5.15 Å². The molecule has 0 radical (unpaired) electrons. The minimum Gasteiger partial charge on any atom is -0.392 e. The van der Waals surface area contributed by atoms with Crippen LogP contribution in [-0.4, -0.2) is 39.4 Å². The minimum absolute atomic E-state index is 0.185. The number of hydrogen-bond acceptors (Lipinski definition) is 4. The summed E-state index contributed by atoms with van der Waals surface area (Å²) in [6.07, 6.45) is 0.663. The lowest BCUT2D eigenvalue weighted by molar-refractivity contribution is 0.174. The van der Waals surface area contributed by atoms with Gasteiger partial charge in [0.2, 0.25) is 0 Å². The number of β-amino-alcohol motifs (C(OH)–C–C–N with tert-alkyl or cyclic N) is 1. The Hall–Kier alpha value is -0.710. The Kier molecular flexibility index (Phi) is 2.96. The zero-order valence-corrected chi connectivity index (χ0v) is 8.48. The maximum absolute atomic E-state index is 9.32. The zero-order valence-electron chi connectivity index (χ0n) is 7.73. The summed E-state index contributed by atoms with van der Waals surface area (Å²) >= 11 is 5.62. The number of halogens is 1. The summed E-state index contributed by atoms with van der Waals surface area (Å²) in [5.41, 5.74) is 0.892. The Labute approximate surface area is 87.5 Å². The molecular formula is C9H12ClN3O. The Morgan fingerprint density at radius 1 is 1.50 bits per heavy atom. The van der Waals surface area contributed by atoms with Gasteiger partial charge in [0.1, 0.15) is 0 Å². The molecule has 14 heavy (non-hydrogen) atoms. The van der Waals surface area contributed by atoms with Crippen LogP contribution in [0.2, 0.25) is 5.15 Å². The molecule has 0 spiro atoms. The summed E-state index contributed by atoms with van der Waals surface area (Å²) in [7, 11) is 0. The molecule has 1 aliphatic rings. The van der Waals surface area contributed by atoms with E-state index in [1.807, 2.05) is 6.07 Å². The fourth-order valence-corrected chi connectivity index (χ4v) is 1.71. The quantitative estimate of drug-likeness (QED) is 0.786. The van der Waals surface area contributed by atoms with Crippen LogP contribution in [0.15, 0.2) is 12.1 Å². The van der Waals surface area contributed by atoms with Crippen molar-refractivity contribution in [3.05, 3.63) is 23.0 Å². The third-order valence-electron chi connectivity index (χ3n) is 2.32. The van der Waals surface area contributed by atoms with Gasteiger partial charge in [0.15, 0.2) is 5.15 Å². The first-order chi connectivity index (χ1) is 6.74. The minimum atomic E-state index is -0.185. The van der Waals surface area contributed by atoms with Gasteiger partial charge in [0.05, 0.1) is 11.8 Å². The van der Waals surface area contributed by atoms with Crippen LogP contribution < -0.4 is 0 Å². The third-order valence-corrected chi connectivity index (χ3v) is 2.52. The van der Waals surface area contributed by atoms with Crippen LogP contribution in [0.5, 0.6) is 0 Å². The summed E-state index contributed by atoms with van der Waals surface area (Å²) in [5.74, 6) is 0. The van der Waals surface area contributed by atoms with E-state index in [1.54, 1.807) is 6.07 Å². The molecule has 0 aliphatic carbocycles. The lowest BCUT2D eigenvalue weighted by atomic mass is 10.3. The van der Waals surface area contributed by atoms with Crippen molar-refractivity contribution in [3.63, 3.8) is 0 Å². The van der Waals surface area contributed by atoms with Crippen molar-refractivity contribution in [2.45, 2.75) is 19.1 Å². The molecule has 0 saturated carbocycles.